The number of imide groups is 1. The number of likely N-dealkylation sites (tertiary alicyclic amines) is 1. The molecule has 144 valence electrons. The third-order valence-corrected chi connectivity index (χ3v) is 5.01. The molecule has 2 amide bonds. The van der Waals surface area contributed by atoms with E-state index in [1.807, 2.05) is 12.2 Å². The lowest BCUT2D eigenvalue weighted by Gasteiger charge is -2.15. The molecule has 0 aromatic heterocycles. The fourth-order valence-corrected chi connectivity index (χ4v) is 3.52. The first-order valence-corrected chi connectivity index (χ1v) is 8.92. The Hall–Kier alpha value is -2.83. The Labute approximate surface area is 157 Å². The van der Waals surface area contributed by atoms with Crippen LogP contribution in [0.1, 0.15) is 24.8 Å². The number of amides is 2. The number of methoxy groups -OCH3 is 2. The Morgan fingerprint density at radius 2 is 1.74 bits per heavy atom. The molecule has 0 unspecified atom stereocenters. The molecule has 1 aromatic carbocycles. The van der Waals surface area contributed by atoms with Crippen LogP contribution in [0.5, 0.6) is 11.5 Å². The quantitative estimate of drug-likeness (QED) is 0.414. The van der Waals surface area contributed by atoms with Crippen molar-refractivity contribution in [2.75, 3.05) is 20.8 Å². The number of fused-ring (bicyclic) bond motifs is 1. The monoisotopic (exact) mass is 373 g/mol. The van der Waals surface area contributed by atoms with E-state index >= 15 is 0 Å². The third-order valence-electron chi connectivity index (χ3n) is 5.01. The molecule has 7 heteroatoms. The van der Waals surface area contributed by atoms with Gasteiger partial charge in [0, 0.05) is 12.1 Å². The van der Waals surface area contributed by atoms with Gasteiger partial charge in [0.25, 0.3) is 0 Å². The second kappa shape index (κ2) is 8.24. The van der Waals surface area contributed by atoms with Crippen molar-refractivity contribution in [1.29, 1.82) is 0 Å². The summed E-state index contributed by atoms with van der Waals surface area (Å²) in [6.45, 7) is 0.0784. The predicted molar refractivity (Wildman–Crippen MR) is 96.0 cm³/mol. The topological polar surface area (TPSA) is 82.1 Å². The van der Waals surface area contributed by atoms with E-state index in [0.717, 1.165) is 0 Å². The van der Waals surface area contributed by atoms with E-state index in [4.69, 9.17) is 14.2 Å². The van der Waals surface area contributed by atoms with E-state index in [1.165, 1.54) is 12.0 Å². The molecule has 2 atom stereocenters. The van der Waals surface area contributed by atoms with Crippen molar-refractivity contribution in [1.82, 2.24) is 4.90 Å². The lowest BCUT2D eigenvalue weighted by atomic mass is 9.85. The molecule has 0 bridgehead atoms. The Morgan fingerprint density at radius 1 is 1.07 bits per heavy atom. The summed E-state index contributed by atoms with van der Waals surface area (Å²) in [7, 11) is 3.08. The summed E-state index contributed by atoms with van der Waals surface area (Å²) < 4.78 is 15.7. The molecule has 3 rings (SSSR count). The molecule has 27 heavy (non-hydrogen) atoms. The number of benzene rings is 1. The zero-order valence-electron chi connectivity index (χ0n) is 15.5. The molecule has 2 aliphatic rings. The molecule has 0 saturated carbocycles. The molecule has 0 radical (unpaired) electrons. The van der Waals surface area contributed by atoms with Gasteiger partial charge in [-0.2, -0.15) is 0 Å². The second-order valence-corrected chi connectivity index (χ2v) is 6.57. The fraction of sp³-hybridized carbons (Fsp3) is 0.450. The highest BCUT2D eigenvalue weighted by atomic mass is 16.5. The summed E-state index contributed by atoms with van der Waals surface area (Å²) in [4.78, 5) is 38.1. The minimum Gasteiger partial charge on any atom is -0.497 e. The molecule has 1 aromatic rings. The van der Waals surface area contributed by atoms with Crippen LogP contribution < -0.4 is 9.47 Å². The lowest BCUT2D eigenvalue weighted by molar-refractivity contribution is -0.146. The van der Waals surface area contributed by atoms with Gasteiger partial charge in [-0.15, -0.1) is 0 Å². The number of carbonyl (C=O) groups excluding carboxylic acids is 3. The summed E-state index contributed by atoms with van der Waals surface area (Å²) in [6, 6.07) is 5.22. The normalized spacial score (nSPS) is 21.2. The average molecular weight is 373 g/mol. The van der Waals surface area contributed by atoms with Crippen LogP contribution in [0.25, 0.3) is 0 Å². The zero-order chi connectivity index (χ0) is 19.4. The second-order valence-electron chi connectivity index (χ2n) is 6.57. The van der Waals surface area contributed by atoms with Crippen molar-refractivity contribution in [3.63, 3.8) is 0 Å². The van der Waals surface area contributed by atoms with E-state index < -0.39 is 5.97 Å². The standard InChI is InChI=1S/C20H23NO6/c1-25-14-7-8-17(26-2)13(11-14)12-27-18(22)9-10-21-19(23)15-5-3-4-6-16(15)20(21)24/h3-4,7-8,11,15-16H,5-6,9-10,12H2,1-2H3/t15-,16-/m0/s1. The van der Waals surface area contributed by atoms with Crippen LogP contribution in [0, 0.1) is 11.8 Å². The van der Waals surface area contributed by atoms with Crippen molar-refractivity contribution < 1.29 is 28.6 Å². The van der Waals surface area contributed by atoms with E-state index in [0.29, 0.717) is 29.9 Å². The number of carbonyl (C=O) groups is 3. The van der Waals surface area contributed by atoms with Crippen molar-refractivity contribution in [2.45, 2.75) is 25.9 Å². The van der Waals surface area contributed by atoms with Crippen molar-refractivity contribution >= 4 is 17.8 Å². The number of esters is 1. The van der Waals surface area contributed by atoms with Crippen LogP contribution in [0.15, 0.2) is 30.4 Å². The van der Waals surface area contributed by atoms with E-state index in [9.17, 15) is 14.4 Å². The van der Waals surface area contributed by atoms with Gasteiger partial charge in [-0.25, -0.2) is 0 Å². The fourth-order valence-electron chi connectivity index (χ4n) is 3.52. The highest BCUT2D eigenvalue weighted by molar-refractivity contribution is 6.05. The number of hydrogen-bond acceptors (Lipinski definition) is 6. The number of hydrogen-bond donors (Lipinski definition) is 0. The molecule has 0 spiro atoms. The highest BCUT2D eigenvalue weighted by Gasteiger charge is 2.46. The van der Waals surface area contributed by atoms with E-state index in [1.54, 1.807) is 25.3 Å². The van der Waals surface area contributed by atoms with Crippen LogP contribution in [0.2, 0.25) is 0 Å². The van der Waals surface area contributed by atoms with Crippen LogP contribution in [0.3, 0.4) is 0 Å². The van der Waals surface area contributed by atoms with Gasteiger partial charge >= 0.3 is 5.97 Å². The zero-order valence-corrected chi connectivity index (χ0v) is 15.5. The first-order valence-electron chi connectivity index (χ1n) is 8.92. The minimum atomic E-state index is -0.478. The Morgan fingerprint density at radius 3 is 2.33 bits per heavy atom. The first-order chi connectivity index (χ1) is 13.0. The van der Waals surface area contributed by atoms with Crippen molar-refractivity contribution in [3.8, 4) is 11.5 Å². The maximum absolute atomic E-state index is 12.4. The van der Waals surface area contributed by atoms with E-state index in [2.05, 4.69) is 0 Å². The van der Waals surface area contributed by atoms with E-state index in [-0.39, 0.29) is 43.2 Å². The minimum absolute atomic E-state index is 0.0241. The van der Waals surface area contributed by atoms with Crippen LogP contribution in [0.4, 0.5) is 0 Å². The molecule has 1 heterocycles. The van der Waals surface area contributed by atoms with Gasteiger partial charge < -0.3 is 14.2 Å². The third kappa shape index (κ3) is 3.97. The number of ether oxygens (including phenoxy) is 3. The molecule has 1 aliphatic heterocycles. The Bertz CT molecular complexity index is 746. The summed E-state index contributed by atoms with van der Waals surface area (Å²) in [5.74, 6) is -0.183. The Balaban J connectivity index is 1.53. The van der Waals surface area contributed by atoms with Gasteiger partial charge in [-0.05, 0) is 31.0 Å². The maximum Gasteiger partial charge on any atom is 0.307 e. The molecule has 0 N–H and O–H groups in total. The van der Waals surface area contributed by atoms with Gasteiger partial charge in [0.1, 0.15) is 18.1 Å². The van der Waals surface area contributed by atoms with Gasteiger partial charge in [0.2, 0.25) is 11.8 Å². The lowest BCUT2D eigenvalue weighted by Crippen LogP contribution is -2.33. The summed E-state index contributed by atoms with van der Waals surface area (Å²) in [5, 5.41) is 0. The molecule has 1 saturated heterocycles. The van der Waals surface area contributed by atoms with Crippen LogP contribution in [-0.2, 0) is 25.7 Å². The summed E-state index contributed by atoms with van der Waals surface area (Å²) in [6.07, 6.45) is 5.02. The molecular formula is C20H23NO6. The number of allylic oxidation sites excluding steroid dienone is 2. The largest absolute Gasteiger partial charge is 0.497 e. The van der Waals surface area contributed by atoms with Gasteiger partial charge in [0.15, 0.2) is 0 Å². The van der Waals surface area contributed by atoms with Crippen LogP contribution >= 0.6 is 0 Å². The van der Waals surface area contributed by atoms with Gasteiger partial charge in [0.05, 0.1) is 32.5 Å². The Kier molecular flexibility index (Phi) is 5.78. The van der Waals surface area contributed by atoms with Crippen molar-refractivity contribution in [2.24, 2.45) is 11.8 Å². The predicted octanol–water partition coefficient (Wildman–Crippen LogP) is 2.09. The first kappa shape index (κ1) is 18.9. The number of nitrogens with zero attached hydrogens (tertiary/aromatic N) is 1. The molecular weight excluding hydrogens is 350 g/mol. The van der Waals surface area contributed by atoms with Crippen LogP contribution in [-0.4, -0.2) is 43.4 Å². The van der Waals surface area contributed by atoms with Gasteiger partial charge in [-0.3, -0.25) is 19.3 Å². The number of rotatable bonds is 7. The molecule has 7 nitrogen and oxygen atoms in total. The van der Waals surface area contributed by atoms with Crippen molar-refractivity contribution in [3.05, 3.63) is 35.9 Å². The molecule has 1 aliphatic carbocycles. The smallest absolute Gasteiger partial charge is 0.307 e. The molecule has 1 fully saturated rings. The maximum atomic E-state index is 12.4. The highest BCUT2D eigenvalue weighted by Crippen LogP contribution is 2.35. The SMILES string of the molecule is COc1ccc(OC)c(COC(=O)CCN2C(=O)[C@H]3CC=CC[C@@H]3C2=O)c1. The van der Waals surface area contributed by atoms with Gasteiger partial charge in [-0.1, -0.05) is 12.2 Å². The summed E-state index contributed by atoms with van der Waals surface area (Å²) >= 11 is 0. The average Bonchev–Trinajstić information content (AvgIpc) is 2.95. The summed E-state index contributed by atoms with van der Waals surface area (Å²) in [5.41, 5.74) is 0.676.